The zero-order valence-electron chi connectivity index (χ0n) is 16.5. The number of hydrogen-bond donors (Lipinski definition) is 2. The first-order chi connectivity index (χ1) is 14.8. The van der Waals surface area contributed by atoms with Gasteiger partial charge in [0.25, 0.3) is 5.91 Å². The molecule has 0 bridgehead atoms. The Kier molecular flexibility index (Phi) is 6.58. The highest BCUT2D eigenvalue weighted by Crippen LogP contribution is 2.28. The van der Waals surface area contributed by atoms with Gasteiger partial charge >= 0.3 is 5.97 Å². The van der Waals surface area contributed by atoms with Gasteiger partial charge in [-0.3, -0.25) is 19.2 Å². The molecule has 0 aromatic heterocycles. The number of ether oxygens (including phenoxy) is 1. The van der Waals surface area contributed by atoms with Crippen molar-refractivity contribution in [3.05, 3.63) is 59.7 Å². The van der Waals surface area contributed by atoms with Gasteiger partial charge in [-0.05, 0) is 30.3 Å². The van der Waals surface area contributed by atoms with Crippen LogP contribution in [0, 0.1) is 17.6 Å². The van der Waals surface area contributed by atoms with Gasteiger partial charge in [-0.2, -0.15) is 0 Å². The largest absolute Gasteiger partial charge is 0.468 e. The average molecular weight is 431 g/mol. The second kappa shape index (κ2) is 9.33. The quantitative estimate of drug-likeness (QED) is 0.680. The minimum Gasteiger partial charge on any atom is -0.468 e. The van der Waals surface area contributed by atoms with Crippen LogP contribution in [0.5, 0.6) is 0 Å². The summed E-state index contributed by atoms with van der Waals surface area (Å²) in [7, 11) is 1.20. The number of esters is 1. The Bertz CT molecular complexity index is 1040. The standard InChI is InChI=1S/C21H19F2N3O5/c1-31-19(28)10-24-20(29)12-3-2-4-15(7-12)25-21(30)13-8-18(27)26(11-13)17-6-5-14(22)9-16(17)23/h2-7,9,13H,8,10-11H2,1H3,(H,24,29)(H,25,30). The zero-order chi connectivity index (χ0) is 22.5. The van der Waals surface area contributed by atoms with E-state index in [2.05, 4.69) is 15.4 Å². The lowest BCUT2D eigenvalue weighted by Gasteiger charge is -2.17. The molecule has 10 heteroatoms. The normalized spacial score (nSPS) is 15.5. The first kappa shape index (κ1) is 21.9. The van der Waals surface area contributed by atoms with Gasteiger partial charge in [0.2, 0.25) is 11.8 Å². The van der Waals surface area contributed by atoms with Crippen molar-refractivity contribution in [3.8, 4) is 0 Å². The molecule has 31 heavy (non-hydrogen) atoms. The van der Waals surface area contributed by atoms with Crippen LogP contribution in [0.15, 0.2) is 42.5 Å². The molecule has 1 aliphatic rings. The number of hydrogen-bond acceptors (Lipinski definition) is 5. The van der Waals surface area contributed by atoms with Crippen molar-refractivity contribution in [1.82, 2.24) is 5.32 Å². The molecule has 1 heterocycles. The Morgan fingerprint density at radius 3 is 2.65 bits per heavy atom. The van der Waals surface area contributed by atoms with Gasteiger partial charge in [0.05, 0.1) is 18.7 Å². The minimum atomic E-state index is -0.889. The second-order valence-corrected chi connectivity index (χ2v) is 6.83. The summed E-state index contributed by atoms with van der Waals surface area (Å²) in [6.45, 7) is -0.363. The highest BCUT2D eigenvalue weighted by Gasteiger charge is 2.36. The Hall–Kier alpha value is -3.82. The number of nitrogens with zero attached hydrogens (tertiary/aromatic N) is 1. The summed E-state index contributed by atoms with van der Waals surface area (Å²) in [4.78, 5) is 49.2. The van der Waals surface area contributed by atoms with Crippen molar-refractivity contribution in [2.75, 3.05) is 30.4 Å². The number of carbonyl (C=O) groups excluding carboxylic acids is 4. The number of benzene rings is 2. The summed E-state index contributed by atoms with van der Waals surface area (Å²) in [6.07, 6.45) is -0.137. The molecule has 3 amide bonds. The summed E-state index contributed by atoms with van der Waals surface area (Å²) in [5, 5.41) is 5.01. The third kappa shape index (κ3) is 5.21. The number of amides is 3. The molecule has 1 aliphatic heterocycles. The molecular weight excluding hydrogens is 412 g/mol. The summed E-state index contributed by atoms with van der Waals surface area (Å²) >= 11 is 0. The molecule has 1 atom stereocenters. The molecular formula is C21H19F2N3O5. The number of halogens is 2. The fraction of sp³-hybridized carbons (Fsp3) is 0.238. The number of rotatable bonds is 6. The topological polar surface area (TPSA) is 105 Å². The monoisotopic (exact) mass is 431 g/mol. The second-order valence-electron chi connectivity index (χ2n) is 6.83. The number of methoxy groups -OCH3 is 1. The first-order valence-electron chi connectivity index (χ1n) is 9.30. The summed E-state index contributed by atoms with van der Waals surface area (Å²) in [5.74, 6) is -4.49. The predicted octanol–water partition coefficient (Wildman–Crippen LogP) is 1.86. The molecule has 1 unspecified atom stereocenters. The first-order valence-corrected chi connectivity index (χ1v) is 9.30. The molecule has 162 valence electrons. The van der Waals surface area contributed by atoms with E-state index in [1.807, 2.05) is 0 Å². The fourth-order valence-electron chi connectivity index (χ4n) is 3.13. The van der Waals surface area contributed by atoms with Crippen molar-refractivity contribution >= 4 is 35.1 Å². The molecule has 0 spiro atoms. The Labute approximate surface area is 176 Å². The maximum atomic E-state index is 14.0. The van der Waals surface area contributed by atoms with Crippen LogP contribution in [0.2, 0.25) is 0 Å². The maximum absolute atomic E-state index is 14.0. The molecule has 0 aliphatic carbocycles. The van der Waals surface area contributed by atoms with Gasteiger partial charge in [-0.15, -0.1) is 0 Å². The van der Waals surface area contributed by atoms with Crippen LogP contribution >= 0.6 is 0 Å². The SMILES string of the molecule is COC(=O)CNC(=O)c1cccc(NC(=O)C2CC(=O)N(c3ccc(F)cc3F)C2)c1. The highest BCUT2D eigenvalue weighted by atomic mass is 19.1. The van der Waals surface area contributed by atoms with E-state index in [9.17, 15) is 28.0 Å². The van der Waals surface area contributed by atoms with Crippen LogP contribution in [-0.2, 0) is 19.1 Å². The van der Waals surface area contributed by atoms with Crippen LogP contribution in [-0.4, -0.2) is 43.9 Å². The van der Waals surface area contributed by atoms with E-state index in [1.54, 1.807) is 12.1 Å². The third-order valence-electron chi connectivity index (χ3n) is 4.71. The molecule has 2 aromatic carbocycles. The maximum Gasteiger partial charge on any atom is 0.325 e. The molecule has 2 aromatic rings. The number of nitrogens with one attached hydrogen (secondary N) is 2. The van der Waals surface area contributed by atoms with Crippen molar-refractivity contribution in [3.63, 3.8) is 0 Å². The van der Waals surface area contributed by atoms with Crippen molar-refractivity contribution in [1.29, 1.82) is 0 Å². The lowest BCUT2D eigenvalue weighted by atomic mass is 10.1. The van der Waals surface area contributed by atoms with E-state index in [4.69, 9.17) is 0 Å². The van der Waals surface area contributed by atoms with Gasteiger partial charge in [0.15, 0.2) is 0 Å². The molecule has 0 saturated carbocycles. The zero-order valence-corrected chi connectivity index (χ0v) is 16.5. The molecule has 1 fully saturated rings. The van der Waals surface area contributed by atoms with Gasteiger partial charge in [-0.25, -0.2) is 8.78 Å². The summed E-state index contributed by atoms with van der Waals surface area (Å²) in [6, 6.07) is 8.88. The molecule has 3 rings (SSSR count). The van der Waals surface area contributed by atoms with E-state index in [1.165, 1.54) is 19.2 Å². The van der Waals surface area contributed by atoms with E-state index in [0.29, 0.717) is 11.8 Å². The molecule has 8 nitrogen and oxygen atoms in total. The Balaban J connectivity index is 1.65. The van der Waals surface area contributed by atoms with Crippen LogP contribution in [0.3, 0.4) is 0 Å². The Morgan fingerprint density at radius 1 is 1.16 bits per heavy atom. The van der Waals surface area contributed by atoms with Gasteiger partial charge in [-0.1, -0.05) is 6.07 Å². The van der Waals surface area contributed by atoms with Crippen molar-refractivity contribution in [2.45, 2.75) is 6.42 Å². The third-order valence-corrected chi connectivity index (χ3v) is 4.71. The van der Waals surface area contributed by atoms with Gasteiger partial charge in [0, 0.05) is 30.3 Å². The summed E-state index contributed by atoms with van der Waals surface area (Å²) < 4.78 is 31.6. The van der Waals surface area contributed by atoms with Gasteiger partial charge in [0.1, 0.15) is 18.2 Å². The predicted molar refractivity (Wildman–Crippen MR) is 106 cm³/mol. The van der Waals surface area contributed by atoms with Crippen LogP contribution in [0.4, 0.5) is 20.2 Å². The van der Waals surface area contributed by atoms with E-state index in [0.717, 1.165) is 17.0 Å². The average Bonchev–Trinajstić information content (AvgIpc) is 3.13. The van der Waals surface area contributed by atoms with Crippen LogP contribution in [0.1, 0.15) is 16.8 Å². The highest BCUT2D eigenvalue weighted by molar-refractivity contribution is 6.04. The van der Waals surface area contributed by atoms with E-state index >= 15 is 0 Å². The minimum absolute atomic E-state index is 0.0630. The molecule has 2 N–H and O–H groups in total. The van der Waals surface area contributed by atoms with Crippen LogP contribution < -0.4 is 15.5 Å². The number of anilines is 2. The van der Waals surface area contributed by atoms with E-state index in [-0.39, 0.29) is 30.8 Å². The van der Waals surface area contributed by atoms with E-state index < -0.39 is 41.2 Å². The van der Waals surface area contributed by atoms with Gasteiger partial charge < -0.3 is 20.3 Å². The molecule has 0 radical (unpaired) electrons. The lowest BCUT2D eigenvalue weighted by Crippen LogP contribution is -2.30. The number of carbonyl (C=O) groups is 4. The fourth-order valence-corrected chi connectivity index (χ4v) is 3.13. The van der Waals surface area contributed by atoms with Crippen molar-refractivity contribution in [2.24, 2.45) is 5.92 Å². The summed E-state index contributed by atoms with van der Waals surface area (Å²) in [5.41, 5.74) is 0.430. The molecule has 1 saturated heterocycles. The Morgan fingerprint density at radius 2 is 1.94 bits per heavy atom. The smallest absolute Gasteiger partial charge is 0.325 e. The van der Waals surface area contributed by atoms with Crippen molar-refractivity contribution < 1.29 is 32.7 Å². The van der Waals surface area contributed by atoms with Crippen LogP contribution in [0.25, 0.3) is 0 Å². The lowest BCUT2D eigenvalue weighted by molar-refractivity contribution is -0.139.